The smallest absolute Gasteiger partial charge is 0.255 e. The first-order chi connectivity index (χ1) is 15.0. The number of rotatable bonds is 9. The Morgan fingerprint density at radius 1 is 0.935 bits per heavy atom. The van der Waals surface area contributed by atoms with Crippen molar-refractivity contribution in [1.29, 1.82) is 0 Å². The van der Waals surface area contributed by atoms with Crippen LogP contribution in [0.4, 0.5) is 11.4 Å². The molecule has 8 heteroatoms. The average Bonchev–Trinajstić information content (AvgIpc) is 3.24. The molecule has 31 heavy (non-hydrogen) atoms. The minimum Gasteiger partial charge on any atom is -0.492 e. The van der Waals surface area contributed by atoms with Crippen molar-refractivity contribution in [3.63, 3.8) is 0 Å². The van der Waals surface area contributed by atoms with Gasteiger partial charge in [-0.25, -0.2) is 0 Å². The fraction of sp³-hybridized carbons (Fsp3) is 0.217. The van der Waals surface area contributed by atoms with Crippen molar-refractivity contribution < 1.29 is 19.1 Å². The van der Waals surface area contributed by atoms with Crippen LogP contribution in [0.25, 0.3) is 0 Å². The van der Waals surface area contributed by atoms with E-state index in [1.165, 1.54) is 11.3 Å². The zero-order valence-electron chi connectivity index (χ0n) is 17.2. The van der Waals surface area contributed by atoms with Crippen LogP contribution in [0.1, 0.15) is 29.1 Å². The summed E-state index contributed by atoms with van der Waals surface area (Å²) in [7, 11) is 0. The van der Waals surface area contributed by atoms with E-state index in [1.807, 2.05) is 31.4 Å². The van der Waals surface area contributed by atoms with E-state index >= 15 is 0 Å². The highest BCUT2D eigenvalue weighted by Crippen LogP contribution is 2.37. The number of anilines is 2. The molecule has 0 bridgehead atoms. The first kappa shape index (κ1) is 22.7. The standard InChI is InChI=1S/C23H23ClN2O4S/c1-3-29-20-14-19(26-23(28)15-7-5-8-16(24)11-15)21(30-4-2)13-18(20)25-22(27)12-17-9-6-10-31-17/h5-11,13-14H,3-4,12H2,1-2H3,(H,25,27)(H,26,28). The van der Waals surface area contributed by atoms with Crippen LogP contribution in [0.2, 0.25) is 5.02 Å². The zero-order valence-corrected chi connectivity index (χ0v) is 18.8. The Hall–Kier alpha value is -3.03. The topological polar surface area (TPSA) is 76.7 Å². The van der Waals surface area contributed by atoms with E-state index in [2.05, 4.69) is 10.6 Å². The first-order valence-electron chi connectivity index (χ1n) is 9.83. The highest BCUT2D eigenvalue weighted by molar-refractivity contribution is 7.10. The number of carbonyl (C=O) groups excluding carboxylic acids is 2. The fourth-order valence-electron chi connectivity index (χ4n) is 2.90. The third-order valence-corrected chi connectivity index (χ3v) is 5.32. The summed E-state index contributed by atoms with van der Waals surface area (Å²) >= 11 is 7.52. The van der Waals surface area contributed by atoms with E-state index in [9.17, 15) is 9.59 Å². The Kier molecular flexibility index (Phi) is 7.92. The van der Waals surface area contributed by atoms with Crippen LogP contribution < -0.4 is 20.1 Å². The molecule has 3 rings (SSSR count). The Labute approximate surface area is 190 Å². The summed E-state index contributed by atoms with van der Waals surface area (Å²) in [5.41, 5.74) is 1.33. The Bertz CT molecular complexity index is 1050. The molecule has 2 N–H and O–H groups in total. The zero-order chi connectivity index (χ0) is 22.2. The molecular formula is C23H23ClN2O4S. The Morgan fingerprint density at radius 2 is 1.61 bits per heavy atom. The molecule has 0 radical (unpaired) electrons. The van der Waals surface area contributed by atoms with Crippen molar-refractivity contribution in [3.05, 3.63) is 69.4 Å². The van der Waals surface area contributed by atoms with Crippen molar-refractivity contribution in [1.82, 2.24) is 0 Å². The summed E-state index contributed by atoms with van der Waals surface area (Å²) < 4.78 is 11.4. The summed E-state index contributed by atoms with van der Waals surface area (Å²) in [5.74, 6) is 0.363. The molecule has 3 aromatic rings. The number of carbonyl (C=O) groups is 2. The molecule has 0 atom stereocenters. The van der Waals surface area contributed by atoms with Gasteiger partial charge in [-0.1, -0.05) is 23.7 Å². The monoisotopic (exact) mass is 458 g/mol. The van der Waals surface area contributed by atoms with Crippen LogP contribution in [-0.2, 0) is 11.2 Å². The highest BCUT2D eigenvalue weighted by Gasteiger charge is 2.17. The van der Waals surface area contributed by atoms with Crippen molar-refractivity contribution >= 4 is 46.1 Å². The maximum atomic E-state index is 12.7. The summed E-state index contributed by atoms with van der Waals surface area (Å²) in [4.78, 5) is 26.2. The van der Waals surface area contributed by atoms with Crippen LogP contribution >= 0.6 is 22.9 Å². The van der Waals surface area contributed by atoms with Crippen LogP contribution in [0.3, 0.4) is 0 Å². The summed E-state index contributed by atoms with van der Waals surface area (Å²) in [5, 5.41) is 8.12. The van der Waals surface area contributed by atoms with Gasteiger partial charge >= 0.3 is 0 Å². The summed E-state index contributed by atoms with van der Waals surface area (Å²) in [6, 6.07) is 13.8. The van der Waals surface area contributed by atoms with E-state index in [4.69, 9.17) is 21.1 Å². The van der Waals surface area contributed by atoms with Gasteiger partial charge in [-0.2, -0.15) is 0 Å². The van der Waals surface area contributed by atoms with Gasteiger partial charge < -0.3 is 20.1 Å². The maximum Gasteiger partial charge on any atom is 0.255 e. The van der Waals surface area contributed by atoms with E-state index in [-0.39, 0.29) is 18.2 Å². The number of halogens is 1. The number of ether oxygens (including phenoxy) is 2. The molecule has 6 nitrogen and oxygen atoms in total. The first-order valence-corrected chi connectivity index (χ1v) is 11.1. The normalized spacial score (nSPS) is 10.4. The largest absolute Gasteiger partial charge is 0.492 e. The molecular weight excluding hydrogens is 436 g/mol. The second-order valence-electron chi connectivity index (χ2n) is 6.48. The molecule has 0 aliphatic rings. The minimum atomic E-state index is -0.333. The molecule has 0 fully saturated rings. The third kappa shape index (κ3) is 6.23. The maximum absolute atomic E-state index is 12.7. The van der Waals surface area contributed by atoms with E-state index in [1.54, 1.807) is 36.4 Å². The van der Waals surface area contributed by atoms with Gasteiger partial charge in [0.15, 0.2) is 0 Å². The lowest BCUT2D eigenvalue weighted by Crippen LogP contribution is -2.16. The second kappa shape index (κ2) is 10.8. The molecule has 1 heterocycles. The number of benzene rings is 2. The van der Waals surface area contributed by atoms with Gasteiger partial charge in [0.25, 0.3) is 5.91 Å². The molecule has 1 aromatic heterocycles. The van der Waals surface area contributed by atoms with Crippen molar-refractivity contribution in [2.24, 2.45) is 0 Å². The number of amides is 2. The predicted molar refractivity (Wildman–Crippen MR) is 125 cm³/mol. The van der Waals surface area contributed by atoms with Crippen LogP contribution in [-0.4, -0.2) is 25.0 Å². The lowest BCUT2D eigenvalue weighted by Gasteiger charge is -2.18. The second-order valence-corrected chi connectivity index (χ2v) is 7.95. The SMILES string of the molecule is CCOc1cc(NC(=O)c2cccc(Cl)c2)c(OCC)cc1NC(=O)Cc1cccs1. The third-order valence-electron chi connectivity index (χ3n) is 4.21. The Balaban J connectivity index is 1.87. The summed E-state index contributed by atoms with van der Waals surface area (Å²) in [6.07, 6.45) is 0.264. The van der Waals surface area contributed by atoms with Gasteiger partial charge in [-0.3, -0.25) is 9.59 Å². The predicted octanol–water partition coefficient (Wildman–Crippen LogP) is 5.63. The van der Waals surface area contributed by atoms with Crippen molar-refractivity contribution in [2.75, 3.05) is 23.8 Å². The molecule has 0 spiro atoms. The molecule has 0 saturated heterocycles. The summed E-state index contributed by atoms with van der Waals surface area (Å²) in [6.45, 7) is 4.46. The van der Waals surface area contributed by atoms with Crippen LogP contribution in [0.15, 0.2) is 53.9 Å². The highest BCUT2D eigenvalue weighted by atomic mass is 35.5. The molecule has 0 unspecified atom stereocenters. The average molecular weight is 459 g/mol. The number of hydrogen-bond donors (Lipinski definition) is 2. The van der Waals surface area contributed by atoms with Gasteiger partial charge in [0.05, 0.1) is 31.0 Å². The molecule has 0 aliphatic carbocycles. The van der Waals surface area contributed by atoms with Crippen molar-refractivity contribution in [2.45, 2.75) is 20.3 Å². The fourth-order valence-corrected chi connectivity index (χ4v) is 3.79. The Morgan fingerprint density at radius 3 is 2.19 bits per heavy atom. The van der Waals surface area contributed by atoms with Crippen molar-refractivity contribution in [3.8, 4) is 11.5 Å². The van der Waals surface area contributed by atoms with Gasteiger partial charge in [0, 0.05) is 27.6 Å². The molecule has 0 aliphatic heterocycles. The molecule has 2 amide bonds. The van der Waals surface area contributed by atoms with Crippen LogP contribution in [0.5, 0.6) is 11.5 Å². The number of thiophene rings is 1. The lowest BCUT2D eigenvalue weighted by atomic mass is 10.2. The molecule has 2 aromatic carbocycles. The quantitative estimate of drug-likeness (QED) is 0.435. The van der Waals surface area contributed by atoms with Gasteiger partial charge in [-0.15, -0.1) is 11.3 Å². The van der Waals surface area contributed by atoms with Gasteiger partial charge in [0.1, 0.15) is 11.5 Å². The van der Waals surface area contributed by atoms with E-state index < -0.39 is 0 Å². The van der Waals surface area contributed by atoms with Gasteiger partial charge in [0.2, 0.25) is 5.91 Å². The van der Waals surface area contributed by atoms with E-state index in [0.29, 0.717) is 46.7 Å². The van der Waals surface area contributed by atoms with Gasteiger partial charge in [-0.05, 0) is 43.5 Å². The van der Waals surface area contributed by atoms with Crippen LogP contribution in [0, 0.1) is 0 Å². The number of nitrogens with one attached hydrogen (secondary N) is 2. The minimum absolute atomic E-state index is 0.165. The molecule has 0 saturated carbocycles. The lowest BCUT2D eigenvalue weighted by molar-refractivity contribution is -0.115. The molecule has 162 valence electrons. The number of hydrogen-bond acceptors (Lipinski definition) is 5. The van der Waals surface area contributed by atoms with E-state index in [0.717, 1.165) is 4.88 Å².